The van der Waals surface area contributed by atoms with Gasteiger partial charge in [-0.05, 0) is 51.6 Å². The van der Waals surface area contributed by atoms with Crippen molar-refractivity contribution < 1.29 is 23.5 Å². The Morgan fingerprint density at radius 2 is 1.66 bits per heavy atom. The smallest absolute Gasteiger partial charge is 0.363 e. The van der Waals surface area contributed by atoms with Crippen LogP contribution in [0.25, 0.3) is 5.76 Å². The fourth-order valence-electron chi connectivity index (χ4n) is 3.73. The molecule has 0 aromatic heterocycles. The van der Waals surface area contributed by atoms with E-state index in [0.29, 0.717) is 21.6 Å². The molecule has 1 N–H and O–H groups in total. The normalized spacial score (nSPS) is 16.3. The number of benzene rings is 2. The number of carbonyl (C=O) groups is 1. The van der Waals surface area contributed by atoms with Gasteiger partial charge in [0.2, 0.25) is 0 Å². The second-order valence-corrected chi connectivity index (χ2v) is 10.5. The zero-order valence-electron chi connectivity index (χ0n) is 18.9. The lowest BCUT2D eigenvalue weighted by Gasteiger charge is -2.32. The van der Waals surface area contributed by atoms with Gasteiger partial charge in [-0.3, -0.25) is 9.36 Å². The molecule has 0 radical (unpaired) electrons. The predicted molar refractivity (Wildman–Crippen MR) is 132 cm³/mol. The van der Waals surface area contributed by atoms with Gasteiger partial charge in [-0.25, -0.2) is 4.99 Å². The third kappa shape index (κ3) is 4.35. The summed E-state index contributed by atoms with van der Waals surface area (Å²) in [4.78, 5) is 18.2. The van der Waals surface area contributed by atoms with Gasteiger partial charge in [0.25, 0.3) is 0 Å². The van der Waals surface area contributed by atoms with Crippen molar-refractivity contribution in [1.29, 1.82) is 0 Å². The highest BCUT2D eigenvalue weighted by Crippen LogP contribution is 2.49. The first-order valence-corrected chi connectivity index (χ1v) is 13.2. The molecule has 1 aliphatic carbocycles. The monoisotopic (exact) mass is 473 g/mol. The first kappa shape index (κ1) is 24.5. The van der Waals surface area contributed by atoms with Crippen molar-refractivity contribution in [2.45, 2.75) is 33.1 Å². The molecule has 32 heavy (non-hydrogen) atoms. The summed E-state index contributed by atoms with van der Waals surface area (Å²) in [6.07, 6.45) is 1.78. The topological polar surface area (TPSA) is 85.2 Å². The molecular formula is C24H28NO5PS. The quantitative estimate of drug-likeness (QED) is 0.311. The fraction of sp³-hybridized carbons (Fsp3) is 0.333. The average molecular weight is 474 g/mol. The third-order valence-electron chi connectivity index (χ3n) is 5.29. The molecule has 8 heteroatoms. The van der Waals surface area contributed by atoms with E-state index >= 15 is 0 Å². The minimum Gasteiger partial charge on any atom is -0.506 e. The molecule has 3 rings (SSSR count). The molecule has 0 unspecified atom stereocenters. The number of Topliss-reactive ketones (excluding diaryl/α,β-unsaturated/α-hetero) is 1. The maximum atomic E-state index is 13.5. The highest BCUT2D eigenvalue weighted by Gasteiger charge is 2.42. The first-order valence-electron chi connectivity index (χ1n) is 10.4. The van der Waals surface area contributed by atoms with Crippen LogP contribution < -0.4 is 5.30 Å². The summed E-state index contributed by atoms with van der Waals surface area (Å²) in [5, 5.41) is 11.7. The van der Waals surface area contributed by atoms with E-state index in [1.54, 1.807) is 50.4 Å². The summed E-state index contributed by atoms with van der Waals surface area (Å²) in [5.74, 6) is -0.328. The van der Waals surface area contributed by atoms with Gasteiger partial charge in [0.05, 0.1) is 35.2 Å². The summed E-state index contributed by atoms with van der Waals surface area (Å²) in [7, 11) is -3.61. The number of para-hydroxylation sites is 1. The van der Waals surface area contributed by atoms with Crippen molar-refractivity contribution >= 4 is 46.9 Å². The van der Waals surface area contributed by atoms with E-state index in [9.17, 15) is 14.5 Å². The second kappa shape index (κ2) is 9.75. The van der Waals surface area contributed by atoms with Gasteiger partial charge in [0.1, 0.15) is 10.8 Å². The lowest BCUT2D eigenvalue weighted by molar-refractivity contribution is -0.119. The molecule has 170 valence electrons. The van der Waals surface area contributed by atoms with Crippen LogP contribution in [0.15, 0.2) is 59.1 Å². The van der Waals surface area contributed by atoms with Crippen LogP contribution in [0.3, 0.4) is 0 Å². The number of ketones is 1. The molecule has 0 fully saturated rings. The average Bonchev–Trinajstić information content (AvgIpc) is 2.78. The number of aliphatic imine (C=N–C) groups is 1. The van der Waals surface area contributed by atoms with E-state index in [0.717, 1.165) is 5.56 Å². The van der Waals surface area contributed by atoms with Crippen molar-refractivity contribution in [3.8, 4) is 0 Å². The molecule has 6 nitrogen and oxygen atoms in total. The van der Waals surface area contributed by atoms with Crippen LogP contribution >= 0.6 is 19.4 Å². The molecule has 0 saturated carbocycles. The molecule has 0 heterocycles. The Bertz CT molecular complexity index is 1130. The second-order valence-electron chi connectivity index (χ2n) is 7.67. The van der Waals surface area contributed by atoms with E-state index in [4.69, 9.17) is 9.05 Å². The minimum atomic E-state index is -3.61. The van der Waals surface area contributed by atoms with Crippen molar-refractivity contribution in [3.63, 3.8) is 0 Å². The third-order valence-corrected chi connectivity index (χ3v) is 8.14. The number of thioether (sulfide) groups is 1. The van der Waals surface area contributed by atoms with Crippen LogP contribution in [0, 0.1) is 0 Å². The van der Waals surface area contributed by atoms with Crippen molar-refractivity contribution in [2.24, 2.45) is 4.99 Å². The van der Waals surface area contributed by atoms with Crippen LogP contribution in [0.4, 0.5) is 5.69 Å². The van der Waals surface area contributed by atoms with Gasteiger partial charge in [-0.15, -0.1) is 11.8 Å². The lowest BCUT2D eigenvalue weighted by atomic mass is 9.71. The number of rotatable bonds is 7. The molecule has 0 bridgehead atoms. The van der Waals surface area contributed by atoms with E-state index in [1.165, 1.54) is 11.8 Å². The van der Waals surface area contributed by atoms with E-state index in [-0.39, 0.29) is 30.3 Å². The Balaban J connectivity index is 2.22. The number of hydrogen-bond donors (Lipinski definition) is 1. The molecular weight excluding hydrogens is 445 g/mol. The predicted octanol–water partition coefficient (Wildman–Crippen LogP) is 5.80. The number of hydrogen-bond acceptors (Lipinski definition) is 7. The first-order chi connectivity index (χ1) is 15.2. The molecule has 2 aromatic rings. The number of carbonyl (C=O) groups excluding carboxylic acids is 1. The van der Waals surface area contributed by atoms with Crippen molar-refractivity contribution in [1.82, 2.24) is 0 Å². The highest BCUT2D eigenvalue weighted by atomic mass is 32.2. The van der Waals surface area contributed by atoms with Crippen LogP contribution in [-0.4, -0.2) is 35.4 Å². The summed E-state index contributed by atoms with van der Waals surface area (Å²) >= 11 is 1.24. The number of fused-ring (bicyclic) bond motifs is 1. The van der Waals surface area contributed by atoms with Gasteiger partial charge in [-0.1, -0.05) is 36.4 Å². The molecule has 0 aliphatic heterocycles. The van der Waals surface area contributed by atoms with Crippen LogP contribution in [0.2, 0.25) is 0 Å². The van der Waals surface area contributed by atoms with Crippen molar-refractivity contribution in [3.05, 3.63) is 65.2 Å². The maximum Gasteiger partial charge on any atom is 0.363 e. The summed E-state index contributed by atoms with van der Waals surface area (Å²) < 4.78 is 24.4. The largest absolute Gasteiger partial charge is 0.506 e. The zero-order chi connectivity index (χ0) is 23.5. The number of nitrogens with zero attached hydrogens (tertiary/aromatic N) is 1. The SMILES string of the molecule is CCOP(=O)(OCC)c1ccccc1N=C(SC)C1=C(O)c2ccccc2C(C)(C)C1=O. The van der Waals surface area contributed by atoms with Gasteiger partial charge >= 0.3 is 7.60 Å². The lowest BCUT2D eigenvalue weighted by Crippen LogP contribution is -2.37. The molecule has 1 aliphatic rings. The Hall–Kier alpha value is -2.18. The van der Waals surface area contributed by atoms with E-state index in [2.05, 4.69) is 4.99 Å². The molecule has 0 amide bonds. The summed E-state index contributed by atoms with van der Waals surface area (Å²) in [5.41, 5.74) is 1.06. The van der Waals surface area contributed by atoms with E-state index in [1.807, 2.05) is 32.0 Å². The zero-order valence-corrected chi connectivity index (χ0v) is 20.6. The molecule has 0 atom stereocenters. The summed E-state index contributed by atoms with van der Waals surface area (Å²) in [6.45, 7) is 7.58. The maximum absolute atomic E-state index is 13.5. The Morgan fingerprint density at radius 1 is 1.06 bits per heavy atom. The molecule has 0 saturated heterocycles. The Morgan fingerprint density at radius 3 is 2.28 bits per heavy atom. The van der Waals surface area contributed by atoms with Gasteiger partial charge in [-0.2, -0.15) is 0 Å². The van der Waals surface area contributed by atoms with Crippen LogP contribution in [0.1, 0.15) is 38.8 Å². The van der Waals surface area contributed by atoms with Crippen LogP contribution in [-0.2, 0) is 23.8 Å². The Labute approximate surface area is 193 Å². The molecule has 0 spiro atoms. The fourth-order valence-corrected chi connectivity index (χ4v) is 6.02. The van der Waals surface area contributed by atoms with Gasteiger partial charge in [0.15, 0.2) is 5.78 Å². The minimum absolute atomic E-state index is 0.103. The summed E-state index contributed by atoms with van der Waals surface area (Å²) in [6, 6.07) is 14.2. The number of aliphatic hydroxyl groups is 1. The number of aliphatic hydroxyl groups excluding tert-OH is 1. The standard InChI is InChI=1S/C24H28NO5PS/c1-6-29-31(28,30-7-2)19-15-11-10-14-18(19)25-23(32-5)20-21(26)16-12-8-9-13-17(16)24(3,4)22(20)27/h8-15,26H,6-7H2,1-5H3. The molecule has 2 aromatic carbocycles. The Kier molecular flexibility index (Phi) is 7.46. The van der Waals surface area contributed by atoms with Crippen molar-refractivity contribution in [2.75, 3.05) is 19.5 Å². The van der Waals surface area contributed by atoms with Crippen LogP contribution in [0.5, 0.6) is 0 Å². The van der Waals surface area contributed by atoms with Gasteiger partial charge in [0, 0.05) is 5.56 Å². The van der Waals surface area contributed by atoms with E-state index < -0.39 is 13.0 Å². The highest BCUT2D eigenvalue weighted by molar-refractivity contribution is 8.14. The van der Waals surface area contributed by atoms with Gasteiger partial charge < -0.3 is 14.2 Å².